The Morgan fingerprint density at radius 3 is 2.88 bits per heavy atom. The van der Waals surface area contributed by atoms with Crippen molar-refractivity contribution in [1.82, 2.24) is 24.6 Å². The van der Waals surface area contributed by atoms with Gasteiger partial charge in [-0.15, -0.1) is 0 Å². The molecule has 1 atom stereocenters. The van der Waals surface area contributed by atoms with Crippen molar-refractivity contribution >= 4 is 16.8 Å². The summed E-state index contributed by atoms with van der Waals surface area (Å²) >= 11 is 0. The number of hydrogen-bond acceptors (Lipinski definition) is 4. The van der Waals surface area contributed by atoms with Crippen LogP contribution in [-0.2, 0) is 17.8 Å². The Morgan fingerprint density at radius 2 is 2.03 bits per heavy atom. The molecule has 168 valence electrons. The van der Waals surface area contributed by atoms with E-state index in [0.717, 1.165) is 30.2 Å². The van der Waals surface area contributed by atoms with Crippen molar-refractivity contribution in [3.05, 3.63) is 88.2 Å². The summed E-state index contributed by atoms with van der Waals surface area (Å²) < 4.78 is 30.5. The van der Waals surface area contributed by atoms with Crippen molar-refractivity contribution in [3.8, 4) is 5.69 Å². The van der Waals surface area contributed by atoms with Gasteiger partial charge in [0.05, 0.1) is 29.5 Å². The monoisotopic (exact) mass is 449 g/mol. The maximum absolute atomic E-state index is 14.3. The number of nitrogens with one attached hydrogen (secondary N) is 1. The van der Waals surface area contributed by atoms with Gasteiger partial charge in [0.15, 0.2) is 5.82 Å². The van der Waals surface area contributed by atoms with E-state index in [1.165, 1.54) is 27.7 Å². The third-order valence-corrected chi connectivity index (χ3v) is 5.97. The quantitative estimate of drug-likeness (QED) is 0.506. The average Bonchev–Trinajstić information content (AvgIpc) is 3.24. The molecule has 0 saturated carbocycles. The maximum Gasteiger partial charge on any atom is 0.261 e. The molecule has 0 aliphatic heterocycles. The lowest BCUT2D eigenvalue weighted by Gasteiger charge is -2.24. The van der Waals surface area contributed by atoms with E-state index in [2.05, 4.69) is 15.4 Å². The molecule has 1 aliphatic rings. The van der Waals surface area contributed by atoms with Gasteiger partial charge in [0.1, 0.15) is 11.5 Å². The zero-order valence-electron chi connectivity index (χ0n) is 17.7. The van der Waals surface area contributed by atoms with Crippen LogP contribution in [0.25, 0.3) is 16.6 Å². The molecule has 2 heterocycles. The van der Waals surface area contributed by atoms with Gasteiger partial charge in [0, 0.05) is 30.3 Å². The molecule has 0 unspecified atom stereocenters. The van der Waals surface area contributed by atoms with E-state index in [0.29, 0.717) is 17.3 Å². The summed E-state index contributed by atoms with van der Waals surface area (Å²) in [6.45, 7) is 0.210. The second-order valence-corrected chi connectivity index (χ2v) is 8.08. The number of fused-ring (bicyclic) bond motifs is 2. The highest BCUT2D eigenvalue weighted by Gasteiger charge is 2.26. The number of para-hydroxylation sites is 1. The zero-order valence-corrected chi connectivity index (χ0v) is 17.7. The summed E-state index contributed by atoms with van der Waals surface area (Å²) in [4.78, 5) is 29.5. The van der Waals surface area contributed by atoms with Crippen LogP contribution in [0.4, 0.5) is 8.78 Å². The largest absolute Gasteiger partial charge is 0.349 e. The van der Waals surface area contributed by atoms with Gasteiger partial charge in [0.2, 0.25) is 5.91 Å². The van der Waals surface area contributed by atoms with E-state index in [1.807, 2.05) is 6.07 Å². The summed E-state index contributed by atoms with van der Waals surface area (Å²) in [5.41, 5.74) is 2.23. The number of rotatable bonds is 5. The van der Waals surface area contributed by atoms with Crippen LogP contribution >= 0.6 is 0 Å². The summed E-state index contributed by atoms with van der Waals surface area (Å²) in [5, 5.41) is 7.82. The summed E-state index contributed by atoms with van der Waals surface area (Å²) in [6.07, 6.45) is 5.40. The number of carbonyl (C=O) groups excluding carboxylic acids is 1. The second-order valence-electron chi connectivity index (χ2n) is 8.08. The first-order valence-corrected chi connectivity index (χ1v) is 10.8. The number of nitrogens with zero attached hydrogens (tertiary/aromatic N) is 4. The van der Waals surface area contributed by atoms with Gasteiger partial charge in [-0.1, -0.05) is 12.1 Å². The van der Waals surface area contributed by atoms with Gasteiger partial charge in [0.25, 0.3) is 5.56 Å². The van der Waals surface area contributed by atoms with E-state index in [1.54, 1.807) is 24.4 Å². The van der Waals surface area contributed by atoms with Crippen LogP contribution in [0, 0.1) is 11.6 Å². The summed E-state index contributed by atoms with van der Waals surface area (Å²) in [5.74, 6) is -1.54. The molecule has 5 rings (SSSR count). The normalized spacial score (nSPS) is 15.4. The topological polar surface area (TPSA) is 81.8 Å². The SMILES string of the molecule is O=C(CCn1cnc2ccccc2c1=O)N[C@H]1CCCc2c1cnn2-c1ccc(F)cc1F. The minimum atomic E-state index is -0.693. The fourth-order valence-corrected chi connectivity index (χ4v) is 4.32. The number of aromatic nitrogens is 4. The van der Waals surface area contributed by atoms with Crippen molar-refractivity contribution < 1.29 is 13.6 Å². The molecule has 4 aromatic rings. The van der Waals surface area contributed by atoms with E-state index >= 15 is 0 Å². The Morgan fingerprint density at radius 1 is 1.18 bits per heavy atom. The fourth-order valence-electron chi connectivity index (χ4n) is 4.32. The molecule has 7 nitrogen and oxygen atoms in total. The molecule has 2 aromatic carbocycles. The fraction of sp³-hybridized carbons (Fsp3) is 0.250. The zero-order chi connectivity index (χ0) is 22.9. The minimum Gasteiger partial charge on any atom is -0.349 e. The molecular weight excluding hydrogens is 428 g/mol. The summed E-state index contributed by atoms with van der Waals surface area (Å²) in [6, 6.07) is 10.2. The Kier molecular flexibility index (Phi) is 5.45. The standard InChI is InChI=1S/C24H21F2N5O2/c25-15-8-9-22(18(26)12-15)31-21-7-3-6-20(17(21)13-28-31)29-23(32)10-11-30-14-27-19-5-2-1-4-16(19)24(30)33/h1-2,4-5,8-9,12-14,20H,3,6-7,10-11H2,(H,29,32)/t20-/m0/s1. The van der Waals surface area contributed by atoms with Crippen molar-refractivity contribution in [2.75, 3.05) is 0 Å². The van der Waals surface area contributed by atoms with E-state index in [-0.39, 0.29) is 36.2 Å². The average molecular weight is 449 g/mol. The number of carbonyl (C=O) groups is 1. The Balaban J connectivity index is 1.30. The first-order valence-electron chi connectivity index (χ1n) is 10.8. The number of halogens is 2. The Bertz CT molecular complexity index is 1410. The summed E-state index contributed by atoms with van der Waals surface area (Å²) in [7, 11) is 0. The molecule has 0 radical (unpaired) electrons. The molecule has 2 aromatic heterocycles. The molecular formula is C24H21F2N5O2. The van der Waals surface area contributed by atoms with Crippen LogP contribution in [0.2, 0.25) is 0 Å². The highest BCUT2D eigenvalue weighted by Crippen LogP contribution is 2.31. The first-order chi connectivity index (χ1) is 16.0. The van der Waals surface area contributed by atoms with Gasteiger partial charge in [-0.2, -0.15) is 5.10 Å². The predicted molar refractivity (Wildman–Crippen MR) is 118 cm³/mol. The van der Waals surface area contributed by atoms with E-state index in [9.17, 15) is 18.4 Å². The van der Waals surface area contributed by atoms with Crippen LogP contribution in [0.3, 0.4) is 0 Å². The lowest BCUT2D eigenvalue weighted by atomic mass is 9.92. The minimum absolute atomic E-state index is 0.118. The van der Waals surface area contributed by atoms with Crippen LogP contribution in [0.15, 0.2) is 59.8 Å². The smallest absolute Gasteiger partial charge is 0.261 e. The lowest BCUT2D eigenvalue weighted by Crippen LogP contribution is -2.32. The van der Waals surface area contributed by atoms with E-state index in [4.69, 9.17) is 0 Å². The van der Waals surface area contributed by atoms with Gasteiger partial charge < -0.3 is 5.32 Å². The molecule has 33 heavy (non-hydrogen) atoms. The molecule has 0 fully saturated rings. The Hall–Kier alpha value is -3.88. The highest BCUT2D eigenvalue weighted by atomic mass is 19.1. The van der Waals surface area contributed by atoms with Crippen LogP contribution < -0.4 is 10.9 Å². The molecule has 0 bridgehead atoms. The number of amides is 1. The third kappa shape index (κ3) is 4.02. The number of aryl methyl sites for hydroxylation is 1. The molecule has 1 N–H and O–H groups in total. The highest BCUT2D eigenvalue weighted by molar-refractivity contribution is 5.77. The van der Waals surface area contributed by atoms with Gasteiger partial charge >= 0.3 is 0 Å². The molecule has 1 aliphatic carbocycles. The third-order valence-electron chi connectivity index (χ3n) is 5.97. The van der Waals surface area contributed by atoms with E-state index < -0.39 is 11.6 Å². The number of benzene rings is 2. The van der Waals surface area contributed by atoms with Crippen molar-refractivity contribution in [2.45, 2.75) is 38.3 Å². The van der Waals surface area contributed by atoms with Gasteiger partial charge in [-0.3, -0.25) is 14.2 Å². The van der Waals surface area contributed by atoms with Gasteiger partial charge in [-0.05, 0) is 43.5 Å². The second kappa shape index (κ2) is 8.57. The maximum atomic E-state index is 14.3. The first kappa shape index (κ1) is 21.0. The lowest BCUT2D eigenvalue weighted by molar-refractivity contribution is -0.122. The van der Waals surface area contributed by atoms with Crippen LogP contribution in [-0.4, -0.2) is 25.2 Å². The van der Waals surface area contributed by atoms with Crippen molar-refractivity contribution in [2.24, 2.45) is 0 Å². The molecule has 1 amide bonds. The molecule has 0 spiro atoms. The van der Waals surface area contributed by atoms with Gasteiger partial charge in [-0.25, -0.2) is 18.4 Å². The predicted octanol–water partition coefficient (Wildman–Crippen LogP) is 3.44. The molecule has 0 saturated heterocycles. The number of hydrogen-bond donors (Lipinski definition) is 1. The van der Waals surface area contributed by atoms with Crippen LogP contribution in [0.5, 0.6) is 0 Å². The van der Waals surface area contributed by atoms with Crippen molar-refractivity contribution in [3.63, 3.8) is 0 Å². The van der Waals surface area contributed by atoms with Crippen molar-refractivity contribution in [1.29, 1.82) is 0 Å². The molecule has 9 heteroatoms. The Labute approximate surface area is 187 Å². The van der Waals surface area contributed by atoms with Crippen LogP contribution in [0.1, 0.15) is 36.6 Å².